The van der Waals surface area contributed by atoms with Gasteiger partial charge in [0, 0.05) is 10.1 Å². The molecule has 2 nitrogen and oxygen atoms in total. The summed E-state index contributed by atoms with van der Waals surface area (Å²) < 4.78 is 0.912. The van der Waals surface area contributed by atoms with Gasteiger partial charge in [-0.1, -0.05) is 59.6 Å². The molecular weight excluding hydrogens is 337 g/mol. The van der Waals surface area contributed by atoms with Crippen LogP contribution in [0, 0.1) is 0 Å². The molecule has 1 heterocycles. The van der Waals surface area contributed by atoms with E-state index in [0.717, 1.165) is 15.6 Å². The number of rotatable bonds is 3. The number of amides is 1. The second-order valence-corrected chi connectivity index (χ2v) is 6.80. The lowest BCUT2D eigenvalue weighted by Crippen LogP contribution is -2.26. The molecule has 0 aliphatic heterocycles. The average molecular weight is 350 g/mol. The summed E-state index contributed by atoms with van der Waals surface area (Å²) >= 11 is 13.9. The lowest BCUT2D eigenvalue weighted by molar-refractivity contribution is 0.0944. The number of hydrogen-bond donors (Lipinski definition) is 1. The first-order chi connectivity index (χ1) is 10.6. The van der Waals surface area contributed by atoms with Crippen molar-refractivity contribution in [1.82, 2.24) is 5.32 Å². The Labute approximate surface area is 142 Å². The summed E-state index contributed by atoms with van der Waals surface area (Å²) in [6, 6.07) is 15.3. The van der Waals surface area contributed by atoms with Crippen LogP contribution >= 0.6 is 34.5 Å². The van der Waals surface area contributed by atoms with Crippen LogP contribution in [0.4, 0.5) is 0 Å². The van der Waals surface area contributed by atoms with Gasteiger partial charge in [0.1, 0.15) is 4.88 Å². The van der Waals surface area contributed by atoms with E-state index in [1.54, 1.807) is 6.07 Å². The van der Waals surface area contributed by atoms with E-state index in [9.17, 15) is 4.79 Å². The van der Waals surface area contributed by atoms with Gasteiger partial charge < -0.3 is 5.32 Å². The van der Waals surface area contributed by atoms with Gasteiger partial charge >= 0.3 is 0 Å². The first-order valence-corrected chi connectivity index (χ1v) is 8.37. The standard InChI is InChI=1S/C17H13Cl2NOS/c1-10(11-6-3-2-4-7-11)20-17(21)16-15(19)14-12(18)8-5-9-13(14)22-16/h2-10H,1H3,(H,20,21)/t10-/m0/s1. The van der Waals surface area contributed by atoms with Crippen LogP contribution in [-0.4, -0.2) is 5.91 Å². The van der Waals surface area contributed by atoms with Gasteiger partial charge in [-0.25, -0.2) is 0 Å². The van der Waals surface area contributed by atoms with Gasteiger partial charge in [-0.2, -0.15) is 0 Å². The molecule has 3 rings (SSSR count). The van der Waals surface area contributed by atoms with Crippen molar-refractivity contribution < 1.29 is 4.79 Å². The van der Waals surface area contributed by atoms with Crippen molar-refractivity contribution in [2.24, 2.45) is 0 Å². The highest BCUT2D eigenvalue weighted by Crippen LogP contribution is 2.39. The second kappa shape index (κ2) is 6.29. The fourth-order valence-corrected chi connectivity index (χ4v) is 4.16. The molecule has 1 amide bonds. The zero-order valence-electron chi connectivity index (χ0n) is 11.8. The van der Waals surface area contributed by atoms with Crippen LogP contribution in [0.3, 0.4) is 0 Å². The third-order valence-corrected chi connectivity index (χ3v) is 5.42. The minimum atomic E-state index is -0.182. The van der Waals surface area contributed by atoms with Crippen molar-refractivity contribution >= 4 is 50.5 Å². The van der Waals surface area contributed by atoms with E-state index in [4.69, 9.17) is 23.2 Å². The summed E-state index contributed by atoms with van der Waals surface area (Å²) in [5.41, 5.74) is 1.05. The number of nitrogens with one attached hydrogen (secondary N) is 1. The topological polar surface area (TPSA) is 29.1 Å². The molecule has 0 fully saturated rings. The van der Waals surface area contributed by atoms with Crippen LogP contribution in [0.1, 0.15) is 28.2 Å². The minimum Gasteiger partial charge on any atom is -0.345 e. The fourth-order valence-electron chi connectivity index (χ4n) is 2.30. The molecule has 0 radical (unpaired) electrons. The highest BCUT2D eigenvalue weighted by Gasteiger charge is 2.20. The van der Waals surface area contributed by atoms with E-state index in [2.05, 4.69) is 5.32 Å². The molecule has 0 unspecified atom stereocenters. The van der Waals surface area contributed by atoms with Crippen LogP contribution in [0.25, 0.3) is 10.1 Å². The molecule has 3 aromatic rings. The first kappa shape index (κ1) is 15.3. The van der Waals surface area contributed by atoms with Gasteiger partial charge in [0.15, 0.2) is 0 Å². The lowest BCUT2D eigenvalue weighted by Gasteiger charge is -2.13. The highest BCUT2D eigenvalue weighted by atomic mass is 35.5. The van der Waals surface area contributed by atoms with Gasteiger partial charge in [-0.15, -0.1) is 11.3 Å². The molecular formula is C17H13Cl2NOS. The Kier molecular flexibility index (Phi) is 4.39. The molecule has 2 aromatic carbocycles. The van der Waals surface area contributed by atoms with E-state index in [-0.39, 0.29) is 11.9 Å². The lowest BCUT2D eigenvalue weighted by atomic mass is 10.1. The van der Waals surface area contributed by atoms with Gasteiger partial charge in [-0.05, 0) is 24.6 Å². The van der Waals surface area contributed by atoms with Crippen molar-refractivity contribution in [3.8, 4) is 0 Å². The zero-order valence-corrected chi connectivity index (χ0v) is 14.1. The highest BCUT2D eigenvalue weighted by molar-refractivity contribution is 7.21. The summed E-state index contributed by atoms with van der Waals surface area (Å²) in [5, 5.41) is 4.71. The van der Waals surface area contributed by atoms with Crippen LogP contribution in [0.2, 0.25) is 10.0 Å². The average Bonchev–Trinajstić information content (AvgIpc) is 2.86. The monoisotopic (exact) mass is 349 g/mol. The Balaban J connectivity index is 1.90. The van der Waals surface area contributed by atoms with E-state index < -0.39 is 0 Å². The van der Waals surface area contributed by atoms with E-state index in [0.29, 0.717) is 14.9 Å². The van der Waals surface area contributed by atoms with Crippen LogP contribution in [0.15, 0.2) is 48.5 Å². The predicted molar refractivity (Wildman–Crippen MR) is 94.2 cm³/mol. The molecule has 1 N–H and O–H groups in total. The Hall–Kier alpha value is -1.55. The molecule has 0 aliphatic carbocycles. The Morgan fingerprint density at radius 1 is 1.09 bits per heavy atom. The zero-order chi connectivity index (χ0) is 15.7. The maximum absolute atomic E-state index is 12.5. The van der Waals surface area contributed by atoms with Crippen LogP contribution in [-0.2, 0) is 0 Å². The van der Waals surface area contributed by atoms with E-state index >= 15 is 0 Å². The Morgan fingerprint density at radius 2 is 1.82 bits per heavy atom. The number of carbonyl (C=O) groups excluding carboxylic acids is 1. The van der Waals surface area contributed by atoms with Gasteiger partial charge in [0.2, 0.25) is 0 Å². The Bertz CT molecular complexity index is 829. The van der Waals surface area contributed by atoms with E-state index in [1.807, 2.05) is 49.4 Å². The van der Waals surface area contributed by atoms with Crippen LogP contribution in [0.5, 0.6) is 0 Å². The van der Waals surface area contributed by atoms with Crippen molar-refractivity contribution in [1.29, 1.82) is 0 Å². The van der Waals surface area contributed by atoms with E-state index in [1.165, 1.54) is 11.3 Å². The number of fused-ring (bicyclic) bond motifs is 1. The first-order valence-electron chi connectivity index (χ1n) is 6.80. The predicted octanol–water partition coefficient (Wildman–Crippen LogP) is 5.70. The van der Waals surface area contributed by atoms with Gasteiger partial charge in [0.25, 0.3) is 5.91 Å². The molecule has 0 saturated carbocycles. The second-order valence-electron chi connectivity index (χ2n) is 4.96. The van der Waals surface area contributed by atoms with Gasteiger partial charge in [-0.3, -0.25) is 4.79 Å². The number of benzene rings is 2. The molecule has 1 aromatic heterocycles. The number of thiophene rings is 1. The summed E-state index contributed by atoms with van der Waals surface area (Å²) in [5.74, 6) is -0.182. The minimum absolute atomic E-state index is 0.0922. The van der Waals surface area contributed by atoms with Crippen molar-refractivity contribution in [2.75, 3.05) is 0 Å². The normalized spacial score (nSPS) is 12.3. The maximum atomic E-state index is 12.5. The molecule has 0 saturated heterocycles. The molecule has 112 valence electrons. The summed E-state index contributed by atoms with van der Waals surface area (Å²) in [6.07, 6.45) is 0. The van der Waals surface area contributed by atoms with Crippen molar-refractivity contribution in [3.63, 3.8) is 0 Å². The molecule has 0 aliphatic rings. The van der Waals surface area contributed by atoms with Crippen LogP contribution < -0.4 is 5.32 Å². The van der Waals surface area contributed by atoms with Crippen molar-refractivity contribution in [3.05, 3.63) is 69.0 Å². The fraction of sp³-hybridized carbons (Fsp3) is 0.118. The smallest absolute Gasteiger partial charge is 0.263 e. The molecule has 0 bridgehead atoms. The largest absolute Gasteiger partial charge is 0.345 e. The third kappa shape index (κ3) is 2.84. The SMILES string of the molecule is C[C@H](NC(=O)c1sc2cccc(Cl)c2c1Cl)c1ccccc1. The number of carbonyl (C=O) groups is 1. The quantitative estimate of drug-likeness (QED) is 0.645. The molecule has 0 spiro atoms. The number of hydrogen-bond acceptors (Lipinski definition) is 2. The third-order valence-electron chi connectivity index (χ3n) is 3.46. The molecule has 5 heteroatoms. The molecule has 22 heavy (non-hydrogen) atoms. The maximum Gasteiger partial charge on any atom is 0.263 e. The van der Waals surface area contributed by atoms with Crippen molar-refractivity contribution in [2.45, 2.75) is 13.0 Å². The summed E-state index contributed by atoms with van der Waals surface area (Å²) in [6.45, 7) is 1.95. The number of halogens is 2. The van der Waals surface area contributed by atoms with Gasteiger partial charge in [0.05, 0.1) is 16.1 Å². The Morgan fingerprint density at radius 3 is 2.50 bits per heavy atom. The summed E-state index contributed by atoms with van der Waals surface area (Å²) in [7, 11) is 0. The summed E-state index contributed by atoms with van der Waals surface area (Å²) in [4.78, 5) is 13.0. The molecule has 1 atom stereocenters.